The SMILES string of the molecule is Cc1ccc(C(=O)OC2(c3ccccc3)CCNCC2)c(N)c1C. The van der Waals surface area contributed by atoms with Crippen molar-refractivity contribution in [2.24, 2.45) is 0 Å². The van der Waals surface area contributed by atoms with Gasteiger partial charge in [-0.25, -0.2) is 4.79 Å². The van der Waals surface area contributed by atoms with Gasteiger partial charge in [0.2, 0.25) is 0 Å². The Bertz CT molecular complexity index is 735. The Morgan fingerprint density at radius 3 is 2.42 bits per heavy atom. The minimum absolute atomic E-state index is 0.346. The third-order valence-corrected chi connectivity index (χ3v) is 5.00. The molecular weight excluding hydrogens is 300 g/mol. The summed E-state index contributed by atoms with van der Waals surface area (Å²) in [5, 5.41) is 3.33. The van der Waals surface area contributed by atoms with E-state index in [1.165, 1.54) is 0 Å². The first-order valence-electron chi connectivity index (χ1n) is 8.39. The molecule has 1 aliphatic heterocycles. The van der Waals surface area contributed by atoms with Gasteiger partial charge in [0, 0.05) is 18.5 Å². The molecule has 0 unspecified atom stereocenters. The number of hydrogen-bond acceptors (Lipinski definition) is 4. The number of nitrogens with one attached hydrogen (secondary N) is 1. The number of piperidine rings is 1. The summed E-state index contributed by atoms with van der Waals surface area (Å²) in [5.74, 6) is -0.346. The van der Waals surface area contributed by atoms with Gasteiger partial charge in [-0.05, 0) is 49.7 Å². The Kier molecular flexibility index (Phi) is 4.58. The van der Waals surface area contributed by atoms with Crippen molar-refractivity contribution >= 4 is 11.7 Å². The van der Waals surface area contributed by atoms with Crippen LogP contribution >= 0.6 is 0 Å². The molecular formula is C20H24N2O2. The number of carbonyl (C=O) groups excluding carboxylic acids is 1. The summed E-state index contributed by atoms with van der Waals surface area (Å²) in [5.41, 5.74) is 9.58. The molecule has 1 aliphatic rings. The molecule has 0 amide bonds. The molecule has 1 saturated heterocycles. The number of esters is 1. The number of nitrogens with two attached hydrogens (primary N) is 1. The maximum atomic E-state index is 12.9. The third-order valence-electron chi connectivity index (χ3n) is 5.00. The topological polar surface area (TPSA) is 64.3 Å². The number of ether oxygens (including phenoxy) is 1. The summed E-state index contributed by atoms with van der Waals surface area (Å²) in [6.45, 7) is 5.56. The molecule has 3 rings (SSSR count). The number of nitrogen functional groups attached to an aromatic ring is 1. The maximum Gasteiger partial charge on any atom is 0.341 e. The van der Waals surface area contributed by atoms with Crippen molar-refractivity contribution in [1.82, 2.24) is 5.32 Å². The number of anilines is 1. The van der Waals surface area contributed by atoms with Crippen LogP contribution in [-0.4, -0.2) is 19.1 Å². The average molecular weight is 324 g/mol. The number of carbonyl (C=O) groups is 1. The van der Waals surface area contributed by atoms with Crippen molar-refractivity contribution in [3.8, 4) is 0 Å². The van der Waals surface area contributed by atoms with Crippen LogP contribution in [0.3, 0.4) is 0 Å². The summed E-state index contributed by atoms with van der Waals surface area (Å²) in [4.78, 5) is 12.9. The van der Waals surface area contributed by atoms with Crippen LogP contribution in [-0.2, 0) is 10.3 Å². The summed E-state index contributed by atoms with van der Waals surface area (Å²) in [6.07, 6.45) is 1.51. The minimum Gasteiger partial charge on any atom is -0.450 e. The highest BCUT2D eigenvalue weighted by Gasteiger charge is 2.38. The number of aryl methyl sites for hydroxylation is 1. The van der Waals surface area contributed by atoms with Crippen molar-refractivity contribution in [2.45, 2.75) is 32.3 Å². The van der Waals surface area contributed by atoms with E-state index >= 15 is 0 Å². The predicted molar refractivity (Wildman–Crippen MR) is 96.0 cm³/mol. The fourth-order valence-corrected chi connectivity index (χ4v) is 3.27. The van der Waals surface area contributed by atoms with Gasteiger partial charge in [0.15, 0.2) is 0 Å². The highest BCUT2D eigenvalue weighted by atomic mass is 16.6. The normalized spacial score (nSPS) is 16.6. The lowest BCUT2D eigenvalue weighted by atomic mass is 9.84. The molecule has 2 aromatic carbocycles. The molecule has 0 bridgehead atoms. The molecule has 0 saturated carbocycles. The molecule has 4 nitrogen and oxygen atoms in total. The Hall–Kier alpha value is -2.33. The molecule has 24 heavy (non-hydrogen) atoms. The molecule has 1 heterocycles. The molecule has 0 aromatic heterocycles. The van der Waals surface area contributed by atoms with E-state index in [1.807, 2.05) is 50.2 Å². The molecule has 0 atom stereocenters. The van der Waals surface area contributed by atoms with E-state index in [4.69, 9.17) is 10.5 Å². The molecule has 4 heteroatoms. The summed E-state index contributed by atoms with van der Waals surface area (Å²) < 4.78 is 6.07. The summed E-state index contributed by atoms with van der Waals surface area (Å²) >= 11 is 0. The van der Waals surface area contributed by atoms with Gasteiger partial charge < -0.3 is 15.8 Å². The van der Waals surface area contributed by atoms with Gasteiger partial charge in [0.1, 0.15) is 5.60 Å². The summed E-state index contributed by atoms with van der Waals surface area (Å²) in [7, 11) is 0. The van der Waals surface area contributed by atoms with Crippen molar-refractivity contribution in [2.75, 3.05) is 18.8 Å². The van der Waals surface area contributed by atoms with E-state index in [2.05, 4.69) is 5.32 Å². The minimum atomic E-state index is -0.588. The number of benzene rings is 2. The van der Waals surface area contributed by atoms with Crippen LogP contribution < -0.4 is 11.1 Å². The lowest BCUT2D eigenvalue weighted by molar-refractivity contribution is -0.0377. The quantitative estimate of drug-likeness (QED) is 0.671. The highest BCUT2D eigenvalue weighted by molar-refractivity contribution is 5.96. The zero-order chi connectivity index (χ0) is 17.2. The van der Waals surface area contributed by atoms with Crippen LogP contribution in [0.2, 0.25) is 0 Å². The van der Waals surface area contributed by atoms with Crippen LogP contribution in [0.4, 0.5) is 5.69 Å². The molecule has 0 radical (unpaired) electrons. The first-order valence-corrected chi connectivity index (χ1v) is 8.39. The Morgan fingerprint density at radius 1 is 1.08 bits per heavy atom. The fraction of sp³-hybridized carbons (Fsp3) is 0.350. The van der Waals surface area contributed by atoms with E-state index < -0.39 is 5.60 Å². The Labute approximate surface area is 143 Å². The third kappa shape index (κ3) is 3.02. The molecule has 2 aromatic rings. The van der Waals surface area contributed by atoms with Crippen LogP contribution in [0.1, 0.15) is 39.9 Å². The second-order valence-electron chi connectivity index (χ2n) is 6.47. The van der Waals surface area contributed by atoms with Gasteiger partial charge in [-0.3, -0.25) is 0 Å². The van der Waals surface area contributed by atoms with Crippen LogP contribution in [0.25, 0.3) is 0 Å². The van der Waals surface area contributed by atoms with E-state index in [9.17, 15) is 4.79 Å². The van der Waals surface area contributed by atoms with Crippen LogP contribution in [0, 0.1) is 13.8 Å². The second-order valence-corrected chi connectivity index (χ2v) is 6.47. The monoisotopic (exact) mass is 324 g/mol. The van der Waals surface area contributed by atoms with E-state index in [-0.39, 0.29) is 5.97 Å². The smallest absolute Gasteiger partial charge is 0.341 e. The van der Waals surface area contributed by atoms with Gasteiger partial charge in [-0.2, -0.15) is 0 Å². The lowest BCUT2D eigenvalue weighted by Gasteiger charge is -2.37. The lowest BCUT2D eigenvalue weighted by Crippen LogP contribution is -2.43. The summed E-state index contributed by atoms with van der Waals surface area (Å²) in [6, 6.07) is 13.7. The zero-order valence-corrected chi connectivity index (χ0v) is 14.3. The van der Waals surface area contributed by atoms with Gasteiger partial charge in [-0.15, -0.1) is 0 Å². The van der Waals surface area contributed by atoms with Crippen LogP contribution in [0.15, 0.2) is 42.5 Å². The fourth-order valence-electron chi connectivity index (χ4n) is 3.27. The molecule has 0 spiro atoms. The first-order chi connectivity index (χ1) is 11.5. The van der Waals surface area contributed by atoms with E-state index in [1.54, 1.807) is 6.07 Å². The van der Waals surface area contributed by atoms with Crippen molar-refractivity contribution < 1.29 is 9.53 Å². The number of rotatable bonds is 3. The second kappa shape index (κ2) is 6.65. The molecule has 3 N–H and O–H groups in total. The van der Waals surface area contributed by atoms with Crippen LogP contribution in [0.5, 0.6) is 0 Å². The standard InChI is InChI=1S/C20H24N2O2/c1-14-8-9-17(18(21)15(14)2)19(23)24-20(10-12-22-13-11-20)16-6-4-3-5-7-16/h3-9,22H,10-13,21H2,1-2H3. The van der Waals surface area contributed by atoms with Gasteiger partial charge >= 0.3 is 5.97 Å². The molecule has 1 fully saturated rings. The average Bonchev–Trinajstić information content (AvgIpc) is 2.61. The maximum absolute atomic E-state index is 12.9. The van der Waals surface area contributed by atoms with Crippen molar-refractivity contribution in [3.05, 3.63) is 64.7 Å². The molecule has 126 valence electrons. The van der Waals surface area contributed by atoms with Crippen molar-refractivity contribution in [1.29, 1.82) is 0 Å². The van der Waals surface area contributed by atoms with Gasteiger partial charge in [-0.1, -0.05) is 36.4 Å². The molecule has 0 aliphatic carbocycles. The van der Waals surface area contributed by atoms with Crippen molar-refractivity contribution in [3.63, 3.8) is 0 Å². The van der Waals surface area contributed by atoms with Gasteiger partial charge in [0.25, 0.3) is 0 Å². The largest absolute Gasteiger partial charge is 0.450 e. The predicted octanol–water partition coefficient (Wildman–Crippen LogP) is 3.32. The van der Waals surface area contributed by atoms with Gasteiger partial charge in [0.05, 0.1) is 5.56 Å². The van der Waals surface area contributed by atoms with E-state index in [0.717, 1.165) is 42.6 Å². The zero-order valence-electron chi connectivity index (χ0n) is 14.3. The van der Waals surface area contributed by atoms with E-state index in [0.29, 0.717) is 11.3 Å². The Morgan fingerprint density at radius 2 is 1.75 bits per heavy atom. The highest BCUT2D eigenvalue weighted by Crippen LogP contribution is 2.36. The Balaban J connectivity index is 1.94. The first kappa shape index (κ1) is 16.5. The number of hydrogen-bond donors (Lipinski definition) is 2.